The lowest BCUT2D eigenvalue weighted by Gasteiger charge is -2.49. The molecule has 1 saturated carbocycles. The van der Waals surface area contributed by atoms with E-state index in [-0.39, 0.29) is 17.2 Å². The highest BCUT2D eigenvalue weighted by Gasteiger charge is 2.42. The molecule has 2 aromatic carbocycles. The molecule has 3 N–H and O–H groups in total. The lowest BCUT2D eigenvalue weighted by molar-refractivity contribution is -0.137. The summed E-state index contributed by atoms with van der Waals surface area (Å²) in [5.74, 6) is 0.137. The summed E-state index contributed by atoms with van der Waals surface area (Å²) in [6.45, 7) is 5.26. The van der Waals surface area contributed by atoms with Gasteiger partial charge in [0.2, 0.25) is 0 Å². The van der Waals surface area contributed by atoms with Crippen LogP contribution in [0.5, 0.6) is 5.75 Å². The molecular weight excluding hydrogens is 457 g/mol. The van der Waals surface area contributed by atoms with E-state index in [2.05, 4.69) is 20.4 Å². The Bertz CT molecular complexity index is 1230. The van der Waals surface area contributed by atoms with E-state index in [1.807, 2.05) is 31.2 Å². The molecule has 1 unspecified atom stereocenters. The third-order valence-corrected chi connectivity index (χ3v) is 7.23. The van der Waals surface area contributed by atoms with Crippen molar-refractivity contribution in [2.75, 3.05) is 18.4 Å². The molecule has 2 aliphatic rings. The summed E-state index contributed by atoms with van der Waals surface area (Å²) in [5, 5.41) is 34.4. The van der Waals surface area contributed by atoms with Crippen LogP contribution in [0.1, 0.15) is 43.7 Å². The van der Waals surface area contributed by atoms with E-state index in [0.29, 0.717) is 22.9 Å². The number of piperidine rings is 1. The van der Waals surface area contributed by atoms with Gasteiger partial charge >= 0.3 is 6.18 Å². The monoisotopic (exact) mass is 486 g/mol. The summed E-state index contributed by atoms with van der Waals surface area (Å²) in [6, 6.07) is 9.76. The second kappa shape index (κ2) is 8.64. The van der Waals surface area contributed by atoms with Crippen molar-refractivity contribution in [2.45, 2.75) is 63.4 Å². The van der Waals surface area contributed by atoms with Crippen LogP contribution in [0.4, 0.5) is 19.0 Å². The Labute approximate surface area is 201 Å². The number of halogens is 3. The second-order valence-corrected chi connectivity index (χ2v) is 10.2. The Morgan fingerprint density at radius 1 is 1.11 bits per heavy atom. The lowest BCUT2D eigenvalue weighted by atomic mass is 9.76. The minimum Gasteiger partial charge on any atom is -0.507 e. The zero-order valence-corrected chi connectivity index (χ0v) is 19.7. The van der Waals surface area contributed by atoms with Crippen molar-refractivity contribution in [3.05, 3.63) is 47.5 Å². The number of hydrogen-bond donors (Lipinski definition) is 3. The Kier molecular flexibility index (Phi) is 5.88. The number of fused-ring (bicyclic) bond motifs is 1. The number of rotatable bonds is 4. The number of aliphatic hydroxyl groups is 1. The maximum absolute atomic E-state index is 13.2. The molecule has 1 aliphatic carbocycles. The van der Waals surface area contributed by atoms with Crippen molar-refractivity contribution >= 4 is 16.6 Å². The highest BCUT2D eigenvalue weighted by atomic mass is 19.4. The van der Waals surface area contributed by atoms with Crippen molar-refractivity contribution < 1.29 is 23.4 Å². The van der Waals surface area contributed by atoms with Gasteiger partial charge in [0, 0.05) is 35.0 Å². The quantitative estimate of drug-likeness (QED) is 0.475. The summed E-state index contributed by atoms with van der Waals surface area (Å²) < 4.78 is 39.6. The minimum absolute atomic E-state index is 0.166. The van der Waals surface area contributed by atoms with Gasteiger partial charge in [-0.15, -0.1) is 10.2 Å². The van der Waals surface area contributed by atoms with Gasteiger partial charge in [0.15, 0.2) is 5.82 Å². The predicted octanol–water partition coefficient (Wildman–Crippen LogP) is 5.12. The van der Waals surface area contributed by atoms with Gasteiger partial charge in [-0.3, -0.25) is 4.90 Å². The molecule has 1 aliphatic heterocycles. The summed E-state index contributed by atoms with van der Waals surface area (Å²) >= 11 is 0. The molecule has 9 heteroatoms. The van der Waals surface area contributed by atoms with Crippen LogP contribution in [-0.2, 0) is 6.18 Å². The van der Waals surface area contributed by atoms with Gasteiger partial charge in [-0.25, -0.2) is 0 Å². The molecule has 6 nitrogen and oxygen atoms in total. The predicted molar refractivity (Wildman–Crippen MR) is 128 cm³/mol. The van der Waals surface area contributed by atoms with Crippen molar-refractivity contribution in [1.29, 1.82) is 0 Å². The van der Waals surface area contributed by atoms with Crippen LogP contribution < -0.4 is 5.32 Å². The first-order valence-corrected chi connectivity index (χ1v) is 11.9. The van der Waals surface area contributed by atoms with E-state index < -0.39 is 23.1 Å². The van der Waals surface area contributed by atoms with E-state index in [1.165, 1.54) is 6.92 Å². The summed E-state index contributed by atoms with van der Waals surface area (Å²) in [5.41, 5.74) is -0.603. The Morgan fingerprint density at radius 3 is 2.49 bits per heavy atom. The first-order chi connectivity index (χ1) is 16.5. The SMILES string of the molecule is Cc1cc(C(F)(F)F)cc(O)c1-c1nnc(NC2CCCN(C3CC(C)(O)C3)C2)c2ccccc12. The Morgan fingerprint density at radius 2 is 1.83 bits per heavy atom. The Hall–Kier alpha value is -2.91. The summed E-state index contributed by atoms with van der Waals surface area (Å²) in [6.07, 6.45) is -0.958. The number of anilines is 1. The van der Waals surface area contributed by atoms with E-state index in [1.54, 1.807) is 0 Å². The number of phenolic OH excluding ortho intramolecular Hbond substituents is 1. The third kappa shape index (κ3) is 4.67. The lowest BCUT2D eigenvalue weighted by Crippen LogP contribution is -2.57. The molecule has 5 rings (SSSR count). The van der Waals surface area contributed by atoms with Gasteiger partial charge in [-0.2, -0.15) is 13.2 Å². The van der Waals surface area contributed by atoms with Crippen LogP contribution in [0.3, 0.4) is 0 Å². The highest BCUT2D eigenvalue weighted by Crippen LogP contribution is 2.41. The molecular formula is C26H29F3N4O2. The fourth-order valence-electron chi connectivity index (χ4n) is 5.50. The zero-order chi connectivity index (χ0) is 25.0. The van der Waals surface area contributed by atoms with E-state index in [4.69, 9.17) is 0 Å². The van der Waals surface area contributed by atoms with Crippen molar-refractivity contribution in [2.24, 2.45) is 0 Å². The number of nitrogens with one attached hydrogen (secondary N) is 1. The van der Waals surface area contributed by atoms with Gasteiger partial charge in [0.05, 0.1) is 11.2 Å². The molecule has 2 heterocycles. The average Bonchev–Trinajstić information content (AvgIpc) is 2.78. The number of aromatic nitrogens is 2. The van der Waals surface area contributed by atoms with Gasteiger partial charge in [-0.1, -0.05) is 24.3 Å². The number of aromatic hydroxyl groups is 1. The number of hydrogen-bond acceptors (Lipinski definition) is 6. The fourth-order valence-corrected chi connectivity index (χ4v) is 5.50. The van der Waals surface area contributed by atoms with Crippen molar-refractivity contribution in [3.8, 4) is 17.0 Å². The van der Waals surface area contributed by atoms with E-state index in [9.17, 15) is 23.4 Å². The molecule has 1 saturated heterocycles. The molecule has 1 atom stereocenters. The van der Waals surface area contributed by atoms with Crippen LogP contribution in [0.2, 0.25) is 0 Å². The standard InChI is InChI=1S/C26H29F3N4O2/c1-15-10-16(26(27,28)29)11-21(34)22(15)23-19-7-3-4-8-20(19)24(32-31-23)30-17-6-5-9-33(14-17)18-12-25(2,35)13-18/h3-4,7-8,10-11,17-18,34-35H,5-6,9,12-14H2,1-2H3,(H,30,32). The molecule has 35 heavy (non-hydrogen) atoms. The number of nitrogens with zero attached hydrogens (tertiary/aromatic N) is 3. The number of phenols is 1. The first kappa shape index (κ1) is 23.8. The van der Waals surface area contributed by atoms with Gasteiger partial charge < -0.3 is 15.5 Å². The number of aryl methyl sites for hydroxylation is 1. The van der Waals surface area contributed by atoms with Crippen molar-refractivity contribution in [3.63, 3.8) is 0 Å². The maximum atomic E-state index is 13.2. The smallest absolute Gasteiger partial charge is 0.416 e. The summed E-state index contributed by atoms with van der Waals surface area (Å²) in [4.78, 5) is 2.42. The summed E-state index contributed by atoms with van der Waals surface area (Å²) in [7, 11) is 0. The van der Waals surface area contributed by atoms with Crippen LogP contribution in [0.25, 0.3) is 22.0 Å². The number of likely N-dealkylation sites (tertiary alicyclic amines) is 1. The molecule has 0 amide bonds. The topological polar surface area (TPSA) is 81.5 Å². The molecule has 0 spiro atoms. The highest BCUT2D eigenvalue weighted by molar-refractivity contribution is 6.01. The number of benzene rings is 2. The molecule has 2 fully saturated rings. The van der Waals surface area contributed by atoms with Crippen LogP contribution >= 0.6 is 0 Å². The molecule has 0 radical (unpaired) electrons. The van der Waals surface area contributed by atoms with E-state index >= 15 is 0 Å². The first-order valence-electron chi connectivity index (χ1n) is 11.9. The zero-order valence-electron chi connectivity index (χ0n) is 19.7. The van der Waals surface area contributed by atoms with Crippen LogP contribution in [0, 0.1) is 6.92 Å². The normalized spacial score (nSPS) is 25.4. The average molecular weight is 487 g/mol. The molecule has 186 valence electrons. The van der Waals surface area contributed by atoms with Crippen molar-refractivity contribution in [1.82, 2.24) is 15.1 Å². The van der Waals surface area contributed by atoms with Gasteiger partial charge in [0.1, 0.15) is 11.4 Å². The van der Waals surface area contributed by atoms with E-state index in [0.717, 1.165) is 56.3 Å². The van der Waals surface area contributed by atoms with Gasteiger partial charge in [0.25, 0.3) is 0 Å². The maximum Gasteiger partial charge on any atom is 0.416 e. The minimum atomic E-state index is -4.55. The van der Waals surface area contributed by atoms with Gasteiger partial charge in [-0.05, 0) is 63.8 Å². The third-order valence-electron chi connectivity index (χ3n) is 7.23. The Balaban J connectivity index is 1.44. The molecule has 3 aromatic rings. The van der Waals surface area contributed by atoms with Crippen LogP contribution in [-0.4, -0.2) is 56.1 Å². The molecule has 1 aromatic heterocycles. The number of alkyl halides is 3. The second-order valence-electron chi connectivity index (χ2n) is 10.2. The fraction of sp³-hybridized carbons (Fsp3) is 0.462. The molecule has 0 bridgehead atoms. The van der Waals surface area contributed by atoms with Crippen LogP contribution in [0.15, 0.2) is 36.4 Å². The largest absolute Gasteiger partial charge is 0.507 e.